The van der Waals surface area contributed by atoms with Gasteiger partial charge in [-0.05, 0) is 12.5 Å². The topological polar surface area (TPSA) is 122 Å². The molecule has 0 saturated carbocycles. The van der Waals surface area contributed by atoms with Gasteiger partial charge in [0.1, 0.15) is 5.92 Å². The molecular weight excluding hydrogens is 418 g/mol. The first-order valence-electron chi connectivity index (χ1n) is 9.49. The number of nitro groups is 1. The van der Waals surface area contributed by atoms with Crippen LogP contribution in [0.4, 0.5) is 5.69 Å². The van der Waals surface area contributed by atoms with Gasteiger partial charge in [0.15, 0.2) is 0 Å². The molecule has 2 aromatic rings. The molecule has 2 atom stereocenters. The highest BCUT2D eigenvalue weighted by Gasteiger charge is 2.46. The molecule has 0 bridgehead atoms. The lowest BCUT2D eigenvalue weighted by molar-refractivity contribution is -0.385. The number of nitro benzene ring substituents is 1. The summed E-state index contributed by atoms with van der Waals surface area (Å²) in [6.07, 6.45) is 0. The Morgan fingerprint density at radius 1 is 1.23 bits per heavy atom. The van der Waals surface area contributed by atoms with Crippen LogP contribution in [0, 0.1) is 27.4 Å². The van der Waals surface area contributed by atoms with Crippen molar-refractivity contribution in [3.8, 4) is 6.07 Å². The Labute approximate surface area is 183 Å². The van der Waals surface area contributed by atoms with Crippen LogP contribution in [-0.4, -0.2) is 23.4 Å². The van der Waals surface area contributed by atoms with E-state index < -0.39 is 28.6 Å². The molecule has 1 aliphatic rings. The third-order valence-electron chi connectivity index (χ3n) is 4.76. The number of hydrogen-bond donors (Lipinski definition) is 1. The van der Waals surface area contributed by atoms with E-state index in [-0.39, 0.29) is 28.5 Å². The molecule has 2 aromatic carbocycles. The molecule has 31 heavy (non-hydrogen) atoms. The average Bonchev–Trinajstić information content (AvgIpc) is 2.77. The zero-order valence-electron chi connectivity index (χ0n) is 16.6. The Balaban J connectivity index is 2.11. The van der Waals surface area contributed by atoms with Crippen molar-refractivity contribution in [1.82, 2.24) is 5.32 Å². The van der Waals surface area contributed by atoms with E-state index in [1.54, 1.807) is 13.0 Å². The first kappa shape index (κ1) is 22.1. The average molecular weight is 437 g/mol. The Hall–Kier alpha value is -3.64. The van der Waals surface area contributed by atoms with Gasteiger partial charge >= 0.3 is 5.97 Å². The lowest BCUT2D eigenvalue weighted by Gasteiger charge is -2.30. The zero-order valence-corrected chi connectivity index (χ0v) is 17.4. The number of nitriles is 1. The molecule has 158 valence electrons. The summed E-state index contributed by atoms with van der Waals surface area (Å²) in [4.78, 5) is 36.6. The van der Waals surface area contributed by atoms with Crippen LogP contribution in [0.3, 0.4) is 0 Å². The first-order valence-corrected chi connectivity index (χ1v) is 10.5. The Morgan fingerprint density at radius 3 is 2.55 bits per heavy atom. The molecule has 1 amide bonds. The van der Waals surface area contributed by atoms with Crippen molar-refractivity contribution in [1.29, 1.82) is 5.26 Å². The first-order chi connectivity index (χ1) is 15.0. The summed E-state index contributed by atoms with van der Waals surface area (Å²) in [5, 5.41) is 24.5. The van der Waals surface area contributed by atoms with Crippen molar-refractivity contribution < 1.29 is 19.2 Å². The van der Waals surface area contributed by atoms with Gasteiger partial charge < -0.3 is 10.1 Å². The number of ether oxygens (including phenoxy) is 1. The maximum atomic E-state index is 12.9. The van der Waals surface area contributed by atoms with Crippen molar-refractivity contribution >= 4 is 29.3 Å². The minimum absolute atomic E-state index is 0.0352. The summed E-state index contributed by atoms with van der Waals surface area (Å²) in [6.45, 7) is 1.63. The van der Waals surface area contributed by atoms with Gasteiger partial charge in [0.05, 0.1) is 34.1 Å². The lowest BCUT2D eigenvalue weighted by atomic mass is 9.78. The fourth-order valence-corrected chi connectivity index (χ4v) is 4.41. The van der Waals surface area contributed by atoms with E-state index in [0.29, 0.717) is 5.75 Å². The third kappa shape index (κ3) is 4.75. The van der Waals surface area contributed by atoms with Crippen LogP contribution in [0.1, 0.15) is 24.0 Å². The Kier molecular flexibility index (Phi) is 7.05. The van der Waals surface area contributed by atoms with E-state index in [1.807, 2.05) is 30.3 Å². The number of carbonyl (C=O) groups is 2. The minimum atomic E-state index is -1.41. The fraction of sp³-hybridized carbons (Fsp3) is 0.227. The predicted octanol–water partition coefficient (Wildman–Crippen LogP) is 3.66. The van der Waals surface area contributed by atoms with Gasteiger partial charge in [0.2, 0.25) is 5.91 Å². The van der Waals surface area contributed by atoms with E-state index in [0.717, 1.165) is 5.56 Å². The zero-order chi connectivity index (χ0) is 22.4. The number of allylic oxidation sites excluding steroid dienone is 1. The van der Waals surface area contributed by atoms with Crippen molar-refractivity contribution in [2.45, 2.75) is 18.6 Å². The summed E-state index contributed by atoms with van der Waals surface area (Å²) in [5.74, 6) is -3.55. The maximum Gasteiger partial charge on any atom is 0.319 e. The van der Waals surface area contributed by atoms with Gasteiger partial charge in [-0.15, -0.1) is 11.8 Å². The molecule has 0 unspecified atom stereocenters. The van der Waals surface area contributed by atoms with Crippen LogP contribution in [0.15, 0.2) is 65.2 Å². The molecule has 1 N–H and O–H groups in total. The number of amides is 1. The molecule has 1 aliphatic heterocycles. The maximum absolute atomic E-state index is 12.9. The van der Waals surface area contributed by atoms with Gasteiger partial charge in [0, 0.05) is 17.4 Å². The Morgan fingerprint density at radius 2 is 1.90 bits per heavy atom. The molecule has 0 aliphatic carbocycles. The van der Waals surface area contributed by atoms with Gasteiger partial charge in [-0.3, -0.25) is 19.7 Å². The standard InChI is InChI=1S/C22H19N3O5S/c1-2-30-22(27)19-18(15-10-6-7-11-17(15)25(28)29)16(12-23)21(24-20(19)26)31-13-14-8-4-3-5-9-14/h3-11,18-19H,2,13H2,1H3,(H,24,26)/t18-,19+/m1/s1. The molecule has 1 heterocycles. The van der Waals surface area contributed by atoms with Crippen LogP contribution in [-0.2, 0) is 20.1 Å². The number of hydrogen-bond acceptors (Lipinski definition) is 7. The fourth-order valence-electron chi connectivity index (χ4n) is 3.41. The molecule has 0 radical (unpaired) electrons. The Bertz CT molecular complexity index is 1080. The predicted molar refractivity (Wildman–Crippen MR) is 114 cm³/mol. The van der Waals surface area contributed by atoms with E-state index in [2.05, 4.69) is 11.4 Å². The van der Waals surface area contributed by atoms with Crippen LogP contribution in [0.2, 0.25) is 0 Å². The summed E-state index contributed by atoms with van der Waals surface area (Å²) >= 11 is 1.23. The molecule has 3 rings (SSSR count). The SMILES string of the molecule is CCOC(=O)[C@@H]1C(=O)NC(SCc2ccccc2)=C(C#N)[C@H]1c1ccccc1[N+](=O)[O-]. The largest absolute Gasteiger partial charge is 0.465 e. The number of nitrogens with one attached hydrogen (secondary N) is 1. The summed E-state index contributed by atoms with van der Waals surface area (Å²) in [7, 11) is 0. The van der Waals surface area contributed by atoms with E-state index >= 15 is 0 Å². The van der Waals surface area contributed by atoms with E-state index in [1.165, 1.54) is 30.0 Å². The van der Waals surface area contributed by atoms with Crippen LogP contribution in [0.25, 0.3) is 0 Å². The normalized spacial score (nSPS) is 18.1. The summed E-state index contributed by atoms with van der Waals surface area (Å²) < 4.78 is 5.05. The van der Waals surface area contributed by atoms with Crippen LogP contribution in [0.5, 0.6) is 0 Å². The smallest absolute Gasteiger partial charge is 0.319 e. The highest BCUT2D eigenvalue weighted by molar-refractivity contribution is 8.02. The summed E-state index contributed by atoms with van der Waals surface area (Å²) in [5.41, 5.74) is 0.917. The van der Waals surface area contributed by atoms with Gasteiger partial charge in [-0.2, -0.15) is 5.26 Å². The number of nitrogens with zero attached hydrogens (tertiary/aromatic N) is 2. The van der Waals surface area contributed by atoms with Crippen LogP contribution < -0.4 is 5.32 Å². The van der Waals surface area contributed by atoms with Crippen molar-refractivity contribution in [2.75, 3.05) is 6.61 Å². The highest BCUT2D eigenvalue weighted by Crippen LogP contribution is 2.43. The number of rotatable bonds is 7. The van der Waals surface area contributed by atoms with E-state index in [9.17, 15) is 25.0 Å². The van der Waals surface area contributed by atoms with Gasteiger partial charge in [-0.25, -0.2) is 0 Å². The second-order valence-corrected chi connectivity index (χ2v) is 7.63. The van der Waals surface area contributed by atoms with Crippen molar-refractivity contribution in [3.63, 3.8) is 0 Å². The number of benzene rings is 2. The number of esters is 1. The van der Waals surface area contributed by atoms with E-state index in [4.69, 9.17) is 4.74 Å². The molecular formula is C22H19N3O5S. The molecule has 0 aromatic heterocycles. The quantitative estimate of drug-likeness (QED) is 0.303. The lowest BCUT2D eigenvalue weighted by Crippen LogP contribution is -2.44. The monoisotopic (exact) mass is 437 g/mol. The molecule has 0 spiro atoms. The third-order valence-corrected chi connectivity index (χ3v) is 5.85. The van der Waals surface area contributed by atoms with Crippen molar-refractivity contribution in [3.05, 3.63) is 86.4 Å². The molecule has 9 heteroatoms. The second kappa shape index (κ2) is 9.91. The summed E-state index contributed by atoms with van der Waals surface area (Å²) in [6, 6.07) is 17.3. The molecule has 0 fully saturated rings. The second-order valence-electron chi connectivity index (χ2n) is 6.64. The highest BCUT2D eigenvalue weighted by atomic mass is 32.2. The minimum Gasteiger partial charge on any atom is -0.465 e. The number of carbonyl (C=O) groups excluding carboxylic acids is 2. The van der Waals surface area contributed by atoms with Crippen LogP contribution >= 0.6 is 11.8 Å². The van der Waals surface area contributed by atoms with Gasteiger partial charge in [-0.1, -0.05) is 48.5 Å². The van der Waals surface area contributed by atoms with Crippen molar-refractivity contribution in [2.24, 2.45) is 5.92 Å². The number of thioether (sulfide) groups is 1. The number of para-hydroxylation sites is 1. The van der Waals surface area contributed by atoms with Gasteiger partial charge in [0.25, 0.3) is 5.69 Å². The molecule has 0 saturated heterocycles. The molecule has 8 nitrogen and oxygen atoms in total.